The molecule has 20 heavy (non-hydrogen) atoms. The van der Waals surface area contributed by atoms with Gasteiger partial charge in [-0.05, 0) is 30.3 Å². The van der Waals surface area contributed by atoms with Crippen LogP contribution in [0.25, 0.3) is 0 Å². The summed E-state index contributed by atoms with van der Waals surface area (Å²) in [4.78, 5) is 3.92. The second-order valence-corrected chi connectivity index (χ2v) is 4.70. The van der Waals surface area contributed by atoms with Gasteiger partial charge in [-0.15, -0.1) is 0 Å². The zero-order valence-corrected chi connectivity index (χ0v) is 11.3. The average Bonchev–Trinajstić information content (AvgIpc) is 2.35. The number of halogens is 5. The van der Waals surface area contributed by atoms with Crippen LogP contribution >= 0.6 is 23.2 Å². The van der Waals surface area contributed by atoms with Crippen molar-refractivity contribution in [1.29, 1.82) is 0 Å². The van der Waals surface area contributed by atoms with Gasteiger partial charge in [0, 0.05) is 5.69 Å². The Kier molecular flexibility index (Phi) is 3.96. The maximum Gasteiger partial charge on any atom is 0.416 e. The number of rotatable bonds is 2. The molecule has 1 heterocycles. The van der Waals surface area contributed by atoms with Crippen molar-refractivity contribution in [3.05, 3.63) is 45.9 Å². The second-order valence-electron chi connectivity index (χ2n) is 3.89. The van der Waals surface area contributed by atoms with Gasteiger partial charge < -0.3 is 11.1 Å². The zero-order chi connectivity index (χ0) is 14.9. The Balaban J connectivity index is 2.25. The Labute approximate surface area is 122 Å². The molecule has 0 saturated heterocycles. The van der Waals surface area contributed by atoms with Gasteiger partial charge in [-0.3, -0.25) is 0 Å². The molecule has 1 aromatic carbocycles. The normalized spacial score (nSPS) is 11.4. The van der Waals surface area contributed by atoms with Gasteiger partial charge in [-0.2, -0.15) is 13.2 Å². The molecule has 0 unspecified atom stereocenters. The predicted octanol–water partition coefficient (Wildman–Crippen LogP) is 4.73. The second kappa shape index (κ2) is 5.38. The lowest BCUT2D eigenvalue weighted by Crippen LogP contribution is -2.04. The summed E-state index contributed by atoms with van der Waals surface area (Å²) in [6.07, 6.45) is -4.38. The number of nitrogens with one attached hydrogen (secondary N) is 1. The Morgan fingerprint density at radius 2 is 1.65 bits per heavy atom. The van der Waals surface area contributed by atoms with Crippen LogP contribution in [0.15, 0.2) is 30.3 Å². The van der Waals surface area contributed by atoms with Gasteiger partial charge in [-0.25, -0.2) is 4.98 Å². The summed E-state index contributed by atoms with van der Waals surface area (Å²) in [6.45, 7) is 0. The van der Waals surface area contributed by atoms with Crippen LogP contribution in [0.2, 0.25) is 10.0 Å². The van der Waals surface area contributed by atoms with Crippen LogP contribution < -0.4 is 11.1 Å². The van der Waals surface area contributed by atoms with Crippen molar-refractivity contribution >= 4 is 40.5 Å². The average molecular weight is 322 g/mol. The molecule has 8 heteroatoms. The predicted molar refractivity (Wildman–Crippen MR) is 73.4 cm³/mol. The van der Waals surface area contributed by atoms with Crippen LogP contribution in [0.1, 0.15) is 5.56 Å². The Hall–Kier alpha value is -1.66. The molecule has 0 aliphatic carbocycles. The molecule has 0 spiro atoms. The molecule has 1 aromatic heterocycles. The fourth-order valence-electron chi connectivity index (χ4n) is 1.45. The van der Waals surface area contributed by atoms with E-state index in [0.717, 1.165) is 12.1 Å². The van der Waals surface area contributed by atoms with Gasteiger partial charge in [0.25, 0.3) is 0 Å². The summed E-state index contributed by atoms with van der Waals surface area (Å²) in [5.74, 6) is 0.291. The summed E-state index contributed by atoms with van der Waals surface area (Å²) in [7, 11) is 0. The minimum atomic E-state index is -4.38. The van der Waals surface area contributed by atoms with Gasteiger partial charge in [-0.1, -0.05) is 23.2 Å². The fourth-order valence-corrected chi connectivity index (χ4v) is 1.85. The van der Waals surface area contributed by atoms with Crippen molar-refractivity contribution in [2.24, 2.45) is 0 Å². The van der Waals surface area contributed by atoms with E-state index in [1.807, 2.05) is 0 Å². The van der Waals surface area contributed by atoms with E-state index in [-0.39, 0.29) is 21.7 Å². The van der Waals surface area contributed by atoms with Crippen LogP contribution in [0, 0.1) is 0 Å². The Morgan fingerprint density at radius 3 is 2.20 bits per heavy atom. The van der Waals surface area contributed by atoms with Crippen LogP contribution in [0.3, 0.4) is 0 Å². The number of nitrogens with zero attached hydrogens (tertiary/aromatic N) is 1. The third kappa shape index (κ3) is 3.26. The van der Waals surface area contributed by atoms with Gasteiger partial charge in [0.05, 0.1) is 15.6 Å². The lowest BCUT2D eigenvalue weighted by Gasteiger charge is -2.11. The third-order valence-electron chi connectivity index (χ3n) is 2.43. The smallest absolute Gasteiger partial charge is 0.382 e. The topological polar surface area (TPSA) is 50.9 Å². The number of anilines is 3. The molecule has 0 saturated carbocycles. The van der Waals surface area contributed by atoms with Crippen molar-refractivity contribution in [3.63, 3.8) is 0 Å². The SMILES string of the molecule is Nc1nc(Nc2ccc(C(F)(F)F)cc2)c(Cl)cc1Cl. The molecule has 0 radical (unpaired) electrons. The van der Waals surface area contributed by atoms with E-state index >= 15 is 0 Å². The van der Waals surface area contributed by atoms with E-state index in [9.17, 15) is 13.2 Å². The van der Waals surface area contributed by atoms with Gasteiger partial charge in [0.15, 0.2) is 5.82 Å². The molecule has 0 fully saturated rings. The van der Waals surface area contributed by atoms with Gasteiger partial charge in [0.2, 0.25) is 0 Å². The molecule has 0 bridgehead atoms. The summed E-state index contributed by atoms with van der Waals surface area (Å²) < 4.78 is 37.3. The largest absolute Gasteiger partial charge is 0.416 e. The number of hydrogen-bond acceptors (Lipinski definition) is 3. The Bertz CT molecular complexity index is 627. The summed E-state index contributed by atoms with van der Waals surface area (Å²) in [5.41, 5.74) is 5.19. The molecule has 3 N–H and O–H groups in total. The van der Waals surface area contributed by atoms with Crippen molar-refractivity contribution in [2.45, 2.75) is 6.18 Å². The van der Waals surface area contributed by atoms with Crippen LogP contribution in [0.4, 0.5) is 30.5 Å². The molecule has 2 aromatic rings. The lowest BCUT2D eigenvalue weighted by molar-refractivity contribution is -0.137. The van der Waals surface area contributed by atoms with E-state index < -0.39 is 11.7 Å². The third-order valence-corrected chi connectivity index (χ3v) is 3.02. The lowest BCUT2D eigenvalue weighted by atomic mass is 10.2. The van der Waals surface area contributed by atoms with E-state index in [1.54, 1.807) is 0 Å². The first-order valence-electron chi connectivity index (χ1n) is 5.33. The van der Waals surface area contributed by atoms with Crippen LogP contribution in [-0.2, 0) is 6.18 Å². The summed E-state index contributed by atoms with van der Waals surface area (Å²) >= 11 is 11.6. The molecule has 0 amide bonds. The first-order valence-corrected chi connectivity index (χ1v) is 6.09. The molecule has 3 nitrogen and oxygen atoms in total. The van der Waals surface area contributed by atoms with E-state index in [2.05, 4.69) is 10.3 Å². The zero-order valence-electron chi connectivity index (χ0n) is 9.80. The highest BCUT2D eigenvalue weighted by molar-refractivity contribution is 6.37. The van der Waals surface area contributed by atoms with E-state index in [1.165, 1.54) is 18.2 Å². The Morgan fingerprint density at radius 1 is 1.05 bits per heavy atom. The minimum absolute atomic E-state index is 0.0745. The van der Waals surface area contributed by atoms with Crippen LogP contribution in [-0.4, -0.2) is 4.98 Å². The van der Waals surface area contributed by atoms with Gasteiger partial charge >= 0.3 is 6.18 Å². The summed E-state index contributed by atoms with van der Waals surface area (Å²) in [6, 6.07) is 5.85. The number of benzene rings is 1. The van der Waals surface area contributed by atoms with Crippen molar-refractivity contribution < 1.29 is 13.2 Å². The standard InChI is InChI=1S/C12H8Cl2F3N3/c13-8-5-9(14)11(20-10(8)18)19-7-3-1-6(2-4-7)12(15,16)17/h1-5H,(H3,18,19,20). The highest BCUT2D eigenvalue weighted by Crippen LogP contribution is 2.32. The monoisotopic (exact) mass is 321 g/mol. The number of nitrogen functional groups attached to an aromatic ring is 1. The molecule has 0 atom stereocenters. The number of pyridine rings is 1. The van der Waals surface area contributed by atoms with E-state index in [0.29, 0.717) is 5.69 Å². The van der Waals surface area contributed by atoms with Crippen molar-refractivity contribution in [3.8, 4) is 0 Å². The van der Waals surface area contributed by atoms with Crippen LogP contribution in [0.5, 0.6) is 0 Å². The molecule has 0 aliphatic heterocycles. The maximum absolute atomic E-state index is 12.4. The molecular formula is C12H8Cl2F3N3. The fraction of sp³-hybridized carbons (Fsp3) is 0.0833. The number of nitrogens with two attached hydrogens (primary N) is 1. The number of hydrogen-bond donors (Lipinski definition) is 2. The summed E-state index contributed by atoms with van der Waals surface area (Å²) in [5, 5.41) is 3.18. The molecular weight excluding hydrogens is 314 g/mol. The minimum Gasteiger partial charge on any atom is -0.382 e. The maximum atomic E-state index is 12.4. The van der Waals surface area contributed by atoms with Gasteiger partial charge in [0.1, 0.15) is 5.82 Å². The van der Waals surface area contributed by atoms with E-state index in [4.69, 9.17) is 28.9 Å². The van der Waals surface area contributed by atoms with Crippen molar-refractivity contribution in [1.82, 2.24) is 4.98 Å². The number of alkyl halides is 3. The molecule has 2 rings (SSSR count). The molecule has 106 valence electrons. The highest BCUT2D eigenvalue weighted by atomic mass is 35.5. The first kappa shape index (κ1) is 14.7. The van der Waals surface area contributed by atoms with Crippen molar-refractivity contribution in [2.75, 3.05) is 11.1 Å². The number of aromatic nitrogens is 1. The highest BCUT2D eigenvalue weighted by Gasteiger charge is 2.29. The quantitative estimate of drug-likeness (QED) is 0.840. The first-order chi connectivity index (χ1) is 9.27. The molecule has 0 aliphatic rings.